The molecule has 4 heteroatoms. The fourth-order valence-corrected chi connectivity index (χ4v) is 7.57. The van der Waals surface area contributed by atoms with E-state index < -0.39 is 0 Å². The highest BCUT2D eigenvalue weighted by Gasteiger charge is 2.38. The van der Waals surface area contributed by atoms with Gasteiger partial charge in [-0.25, -0.2) is 4.85 Å². The van der Waals surface area contributed by atoms with Crippen LogP contribution < -0.4 is 0 Å². The first-order chi connectivity index (χ1) is 22.0. The van der Waals surface area contributed by atoms with Gasteiger partial charge in [-0.15, -0.1) is 0 Å². The Hall–Kier alpha value is -6.10. The monoisotopic (exact) mass is 575 g/mol. The summed E-state index contributed by atoms with van der Waals surface area (Å²) in [6.45, 7) is 12.1. The van der Waals surface area contributed by atoms with Crippen LogP contribution in [-0.4, -0.2) is 4.57 Å². The van der Waals surface area contributed by atoms with Crippen molar-refractivity contribution < 1.29 is 4.42 Å². The largest absolute Gasteiger partial charge is 0.456 e. The van der Waals surface area contributed by atoms with Crippen molar-refractivity contribution in [1.29, 1.82) is 5.26 Å². The van der Waals surface area contributed by atoms with Crippen molar-refractivity contribution >= 4 is 49.4 Å². The highest BCUT2D eigenvalue weighted by molar-refractivity contribution is 6.12. The number of benzene rings is 6. The number of aromatic nitrogens is 1. The summed E-state index contributed by atoms with van der Waals surface area (Å²) in [7, 11) is 0. The van der Waals surface area contributed by atoms with E-state index in [0.29, 0.717) is 11.3 Å². The predicted molar refractivity (Wildman–Crippen MR) is 182 cm³/mol. The summed E-state index contributed by atoms with van der Waals surface area (Å²) in [5, 5.41) is 14.2. The zero-order chi connectivity index (χ0) is 30.4. The standard InChI is InChI=1S/C41H25N3O/c1-41(2)34-10-6-4-8-28(34)30-16-17-31-33-21-25(13-19-38(33)45-40(31)39(30)41)27-15-12-24(23-42)20-37(27)44-35-11-7-5-9-29(35)32-22-26(43-3)14-18-36(32)44/h4-22H,1-2H3. The van der Waals surface area contributed by atoms with Gasteiger partial charge in [-0.1, -0.05) is 80.6 Å². The van der Waals surface area contributed by atoms with Crippen molar-refractivity contribution in [1.82, 2.24) is 4.57 Å². The molecule has 1 aliphatic carbocycles. The Balaban J connectivity index is 1.30. The first kappa shape index (κ1) is 25.4. The molecule has 0 aliphatic heterocycles. The van der Waals surface area contributed by atoms with Crippen molar-refractivity contribution in [2.24, 2.45) is 0 Å². The first-order valence-electron chi connectivity index (χ1n) is 15.0. The molecule has 0 fully saturated rings. The Kier molecular flexibility index (Phi) is 5.06. The zero-order valence-electron chi connectivity index (χ0n) is 24.7. The number of furan rings is 1. The lowest BCUT2D eigenvalue weighted by molar-refractivity contribution is 0.620. The maximum Gasteiger partial charge on any atom is 0.188 e. The van der Waals surface area contributed by atoms with Crippen molar-refractivity contribution in [3.05, 3.63) is 143 Å². The Morgan fingerprint density at radius 1 is 0.711 bits per heavy atom. The number of nitriles is 1. The van der Waals surface area contributed by atoms with Crippen LogP contribution in [0.4, 0.5) is 5.69 Å². The van der Waals surface area contributed by atoms with E-state index in [4.69, 9.17) is 11.0 Å². The van der Waals surface area contributed by atoms with Crippen LogP contribution in [-0.2, 0) is 5.41 Å². The van der Waals surface area contributed by atoms with Crippen molar-refractivity contribution in [3.8, 4) is 34.0 Å². The summed E-state index contributed by atoms with van der Waals surface area (Å²) < 4.78 is 8.88. The zero-order valence-corrected chi connectivity index (χ0v) is 24.7. The van der Waals surface area contributed by atoms with Crippen LogP contribution in [0.2, 0.25) is 0 Å². The molecule has 8 aromatic rings. The quantitative estimate of drug-likeness (QED) is 0.193. The summed E-state index contributed by atoms with van der Waals surface area (Å²) >= 11 is 0. The Labute approximate surface area is 259 Å². The van der Waals surface area contributed by atoms with E-state index in [1.165, 1.54) is 22.3 Å². The molecule has 45 heavy (non-hydrogen) atoms. The molecule has 2 aromatic heterocycles. The van der Waals surface area contributed by atoms with Crippen LogP contribution in [0.1, 0.15) is 30.5 Å². The molecule has 1 aliphatic rings. The van der Waals surface area contributed by atoms with E-state index in [-0.39, 0.29) is 5.41 Å². The van der Waals surface area contributed by atoms with Gasteiger partial charge in [0.05, 0.1) is 34.9 Å². The molecule has 0 atom stereocenters. The summed E-state index contributed by atoms with van der Waals surface area (Å²) in [5.74, 6) is 0. The van der Waals surface area contributed by atoms with Crippen LogP contribution in [0, 0.1) is 17.9 Å². The highest BCUT2D eigenvalue weighted by atomic mass is 16.3. The van der Waals surface area contributed by atoms with E-state index in [2.05, 4.69) is 96.1 Å². The van der Waals surface area contributed by atoms with E-state index in [0.717, 1.165) is 60.6 Å². The van der Waals surface area contributed by atoms with Crippen LogP contribution in [0.3, 0.4) is 0 Å². The van der Waals surface area contributed by atoms with Gasteiger partial charge < -0.3 is 8.98 Å². The van der Waals surface area contributed by atoms with Crippen LogP contribution in [0.5, 0.6) is 0 Å². The molecule has 4 nitrogen and oxygen atoms in total. The first-order valence-corrected chi connectivity index (χ1v) is 15.0. The van der Waals surface area contributed by atoms with Crippen LogP contribution >= 0.6 is 0 Å². The van der Waals surface area contributed by atoms with Crippen molar-refractivity contribution in [2.45, 2.75) is 19.3 Å². The number of hydrogen-bond donors (Lipinski definition) is 0. The highest BCUT2D eigenvalue weighted by Crippen LogP contribution is 2.52. The average Bonchev–Trinajstić information content (AvgIpc) is 3.69. The Morgan fingerprint density at radius 2 is 1.51 bits per heavy atom. The molecule has 0 spiro atoms. The molecular weight excluding hydrogens is 550 g/mol. The molecule has 2 heterocycles. The second kappa shape index (κ2) is 8.96. The van der Waals surface area contributed by atoms with E-state index >= 15 is 0 Å². The smallest absolute Gasteiger partial charge is 0.188 e. The summed E-state index contributed by atoms with van der Waals surface area (Å²) in [4.78, 5) is 3.68. The van der Waals surface area contributed by atoms with Gasteiger partial charge in [0.1, 0.15) is 11.2 Å². The minimum absolute atomic E-state index is 0.175. The fourth-order valence-electron chi connectivity index (χ4n) is 7.57. The van der Waals surface area contributed by atoms with Gasteiger partial charge in [0.15, 0.2) is 5.69 Å². The lowest BCUT2D eigenvalue weighted by Gasteiger charge is -2.21. The van der Waals surface area contributed by atoms with Gasteiger partial charge in [-0.05, 0) is 76.2 Å². The van der Waals surface area contributed by atoms with Crippen molar-refractivity contribution in [2.75, 3.05) is 0 Å². The average molecular weight is 576 g/mol. The third-order valence-electron chi connectivity index (χ3n) is 9.62. The third kappa shape index (κ3) is 3.40. The SMILES string of the molecule is [C-]#[N+]c1ccc2c(c1)c1ccccc1n2-c1cc(C#N)ccc1-c1ccc2oc3c4c(ccc3c2c1)-c1ccccc1C4(C)C. The van der Waals surface area contributed by atoms with Gasteiger partial charge in [0.25, 0.3) is 0 Å². The second-order valence-corrected chi connectivity index (χ2v) is 12.4. The molecule has 0 amide bonds. The molecule has 0 unspecified atom stereocenters. The van der Waals surface area contributed by atoms with E-state index in [1.54, 1.807) is 0 Å². The number of para-hydroxylation sites is 1. The molecule has 9 rings (SSSR count). The lowest BCUT2D eigenvalue weighted by Crippen LogP contribution is -2.15. The number of hydrogen-bond acceptors (Lipinski definition) is 2. The molecule has 0 saturated carbocycles. The van der Waals surface area contributed by atoms with E-state index in [1.807, 2.05) is 48.5 Å². The third-order valence-corrected chi connectivity index (χ3v) is 9.62. The van der Waals surface area contributed by atoms with Gasteiger partial charge in [0, 0.05) is 32.7 Å². The Morgan fingerprint density at radius 3 is 2.38 bits per heavy atom. The maximum absolute atomic E-state index is 9.93. The van der Waals surface area contributed by atoms with Gasteiger partial charge >= 0.3 is 0 Å². The van der Waals surface area contributed by atoms with Gasteiger partial charge in [-0.3, -0.25) is 0 Å². The molecule has 0 radical (unpaired) electrons. The predicted octanol–water partition coefficient (Wildman–Crippen LogP) is 11.1. The summed E-state index contributed by atoms with van der Waals surface area (Å²) in [6, 6.07) is 41.8. The molecular formula is C41H25N3O. The number of rotatable bonds is 2. The van der Waals surface area contributed by atoms with Crippen LogP contribution in [0.15, 0.2) is 120 Å². The topological polar surface area (TPSA) is 46.2 Å². The molecule has 0 saturated heterocycles. The van der Waals surface area contributed by atoms with Crippen molar-refractivity contribution in [3.63, 3.8) is 0 Å². The Bertz CT molecular complexity index is 2650. The second-order valence-electron chi connectivity index (χ2n) is 12.4. The molecule has 0 bridgehead atoms. The number of nitrogens with zero attached hydrogens (tertiary/aromatic N) is 3. The minimum atomic E-state index is -0.175. The lowest BCUT2D eigenvalue weighted by atomic mass is 9.82. The fraction of sp³-hybridized carbons (Fsp3) is 0.0732. The van der Waals surface area contributed by atoms with Gasteiger partial charge in [-0.2, -0.15) is 5.26 Å². The summed E-state index contributed by atoms with van der Waals surface area (Å²) in [5.41, 5.74) is 12.9. The maximum atomic E-state index is 9.93. The molecule has 0 N–H and O–H groups in total. The van der Waals surface area contributed by atoms with Crippen LogP contribution in [0.25, 0.3) is 76.5 Å². The van der Waals surface area contributed by atoms with Gasteiger partial charge in [0.2, 0.25) is 0 Å². The van der Waals surface area contributed by atoms with E-state index in [9.17, 15) is 5.26 Å². The normalized spacial score (nSPS) is 13.2. The summed E-state index contributed by atoms with van der Waals surface area (Å²) in [6.07, 6.45) is 0. The number of fused-ring (bicyclic) bond motifs is 10. The minimum Gasteiger partial charge on any atom is -0.456 e. The molecule has 6 aromatic carbocycles. The molecule has 210 valence electrons.